The number of nitro groups is 1. The predicted molar refractivity (Wildman–Crippen MR) is 83.2 cm³/mol. The number of ether oxygens (including phenoxy) is 1. The molecule has 0 spiro atoms. The highest BCUT2D eigenvalue weighted by atomic mass is 19.1. The molecule has 6 nitrogen and oxygen atoms in total. The highest BCUT2D eigenvalue weighted by Crippen LogP contribution is 2.29. The zero-order valence-corrected chi connectivity index (χ0v) is 12.7. The van der Waals surface area contributed by atoms with E-state index in [0.717, 1.165) is 30.7 Å². The number of nitrogens with one attached hydrogen (secondary N) is 1. The van der Waals surface area contributed by atoms with Crippen LogP contribution in [0, 0.1) is 21.7 Å². The number of carbonyl (C=O) groups is 1. The van der Waals surface area contributed by atoms with Gasteiger partial charge in [0.2, 0.25) is 0 Å². The van der Waals surface area contributed by atoms with E-state index in [1.54, 1.807) is 0 Å². The maximum atomic E-state index is 13.6. The Morgan fingerprint density at radius 3 is 2.67 bits per heavy atom. The normalized spacial score (nSPS) is 10.3. The maximum Gasteiger partial charge on any atom is 0.296 e. The van der Waals surface area contributed by atoms with Gasteiger partial charge in [0.25, 0.3) is 11.6 Å². The van der Waals surface area contributed by atoms with Gasteiger partial charge >= 0.3 is 0 Å². The Morgan fingerprint density at radius 1 is 1.25 bits per heavy atom. The Labute approximate surface area is 136 Å². The van der Waals surface area contributed by atoms with Crippen LogP contribution in [0.1, 0.15) is 23.7 Å². The van der Waals surface area contributed by atoms with Gasteiger partial charge in [-0.25, -0.2) is 8.78 Å². The summed E-state index contributed by atoms with van der Waals surface area (Å²) in [5, 5.41) is 13.4. The molecule has 0 saturated carbocycles. The molecule has 0 unspecified atom stereocenters. The van der Waals surface area contributed by atoms with Crippen molar-refractivity contribution >= 4 is 17.3 Å². The van der Waals surface area contributed by atoms with Crippen LogP contribution in [0.15, 0.2) is 36.4 Å². The van der Waals surface area contributed by atoms with E-state index < -0.39 is 33.7 Å². The van der Waals surface area contributed by atoms with Gasteiger partial charge in [-0.05, 0) is 36.8 Å². The summed E-state index contributed by atoms with van der Waals surface area (Å²) in [6.45, 7) is 2.27. The number of halogens is 2. The molecule has 0 fully saturated rings. The lowest BCUT2D eigenvalue weighted by Gasteiger charge is -2.09. The molecule has 24 heavy (non-hydrogen) atoms. The predicted octanol–water partition coefficient (Wildman–Crippen LogP) is 3.91. The van der Waals surface area contributed by atoms with Gasteiger partial charge in [0, 0.05) is 0 Å². The van der Waals surface area contributed by atoms with Crippen molar-refractivity contribution < 1.29 is 23.2 Å². The molecular formula is C16H14F2N2O4. The van der Waals surface area contributed by atoms with Crippen molar-refractivity contribution in [3.63, 3.8) is 0 Å². The third-order valence-corrected chi connectivity index (χ3v) is 3.06. The Kier molecular flexibility index (Phi) is 5.41. The number of hydrogen-bond donors (Lipinski definition) is 1. The highest BCUT2D eigenvalue weighted by Gasteiger charge is 2.20. The van der Waals surface area contributed by atoms with E-state index in [4.69, 9.17) is 4.74 Å². The fourth-order valence-electron chi connectivity index (χ4n) is 1.94. The zero-order valence-electron chi connectivity index (χ0n) is 12.7. The van der Waals surface area contributed by atoms with Gasteiger partial charge in [-0.15, -0.1) is 0 Å². The molecule has 8 heteroatoms. The number of rotatable bonds is 6. The van der Waals surface area contributed by atoms with Crippen LogP contribution in [0.2, 0.25) is 0 Å². The molecule has 2 aromatic rings. The summed E-state index contributed by atoms with van der Waals surface area (Å²) in [6.07, 6.45) is 0.727. The minimum atomic E-state index is -0.989. The van der Waals surface area contributed by atoms with Crippen LogP contribution in [0.4, 0.5) is 20.2 Å². The molecule has 2 aromatic carbocycles. The van der Waals surface area contributed by atoms with E-state index >= 15 is 0 Å². The van der Waals surface area contributed by atoms with Crippen molar-refractivity contribution in [1.29, 1.82) is 0 Å². The molecule has 2 rings (SSSR count). The zero-order chi connectivity index (χ0) is 17.7. The third kappa shape index (κ3) is 4.03. The fourth-order valence-corrected chi connectivity index (χ4v) is 1.94. The summed E-state index contributed by atoms with van der Waals surface area (Å²) in [5.74, 6) is -2.44. The van der Waals surface area contributed by atoms with Gasteiger partial charge in [0.05, 0.1) is 23.2 Å². The first-order chi connectivity index (χ1) is 11.4. The van der Waals surface area contributed by atoms with Crippen LogP contribution in [-0.2, 0) is 0 Å². The van der Waals surface area contributed by atoms with E-state index in [1.165, 1.54) is 12.1 Å². The highest BCUT2D eigenvalue weighted by molar-refractivity contribution is 6.05. The summed E-state index contributed by atoms with van der Waals surface area (Å²) < 4.78 is 32.1. The van der Waals surface area contributed by atoms with Crippen LogP contribution in [0.5, 0.6) is 5.75 Å². The van der Waals surface area contributed by atoms with Gasteiger partial charge in [0.1, 0.15) is 23.1 Å². The molecule has 0 bridgehead atoms. The number of anilines is 1. The molecule has 1 N–H and O–H groups in total. The smallest absolute Gasteiger partial charge is 0.296 e. The van der Waals surface area contributed by atoms with Crippen LogP contribution >= 0.6 is 0 Å². The number of carbonyl (C=O) groups excluding carboxylic acids is 1. The maximum absolute atomic E-state index is 13.6. The molecule has 0 aliphatic carbocycles. The molecule has 0 heterocycles. The van der Waals surface area contributed by atoms with Crippen LogP contribution in [0.3, 0.4) is 0 Å². The fraction of sp³-hybridized carbons (Fsp3) is 0.188. The first kappa shape index (κ1) is 17.3. The first-order valence-electron chi connectivity index (χ1n) is 7.10. The lowest BCUT2D eigenvalue weighted by molar-refractivity contribution is -0.384. The minimum Gasteiger partial charge on any atom is -0.493 e. The van der Waals surface area contributed by atoms with Gasteiger partial charge in [-0.1, -0.05) is 6.92 Å². The summed E-state index contributed by atoms with van der Waals surface area (Å²) in [4.78, 5) is 22.5. The standard InChI is InChI=1S/C16H14F2N2O4/c1-2-7-24-11-4-6-14(15(9-11)20(22)23)19-16(21)12-8-10(17)3-5-13(12)18/h3-6,8-9H,2,7H2,1H3,(H,19,21). The molecule has 0 aromatic heterocycles. The summed E-state index contributed by atoms with van der Waals surface area (Å²) >= 11 is 0. The van der Waals surface area contributed by atoms with Crippen molar-refractivity contribution in [2.45, 2.75) is 13.3 Å². The molecule has 0 aliphatic heterocycles. The van der Waals surface area contributed by atoms with Crippen molar-refractivity contribution in [3.05, 3.63) is 63.7 Å². The van der Waals surface area contributed by atoms with Gasteiger partial charge in [-0.2, -0.15) is 0 Å². The number of benzene rings is 2. The average molecular weight is 336 g/mol. The van der Waals surface area contributed by atoms with Crippen molar-refractivity contribution in [2.75, 3.05) is 11.9 Å². The Bertz CT molecular complexity index is 781. The molecule has 0 aliphatic rings. The number of hydrogen-bond acceptors (Lipinski definition) is 4. The first-order valence-corrected chi connectivity index (χ1v) is 7.10. The topological polar surface area (TPSA) is 81.5 Å². The van der Waals surface area contributed by atoms with Crippen LogP contribution < -0.4 is 10.1 Å². The van der Waals surface area contributed by atoms with Crippen molar-refractivity contribution in [2.24, 2.45) is 0 Å². The van der Waals surface area contributed by atoms with Gasteiger partial charge in [0.15, 0.2) is 0 Å². The lowest BCUT2D eigenvalue weighted by atomic mass is 10.1. The van der Waals surface area contributed by atoms with E-state index in [9.17, 15) is 23.7 Å². The summed E-state index contributed by atoms with van der Waals surface area (Å²) in [5.41, 5.74) is -1.10. The van der Waals surface area contributed by atoms with Crippen molar-refractivity contribution in [3.8, 4) is 5.75 Å². The third-order valence-electron chi connectivity index (χ3n) is 3.06. The molecule has 0 saturated heterocycles. The Balaban J connectivity index is 2.29. The van der Waals surface area contributed by atoms with Crippen LogP contribution in [0.25, 0.3) is 0 Å². The molecule has 126 valence electrons. The molecule has 0 radical (unpaired) electrons. The average Bonchev–Trinajstić information content (AvgIpc) is 2.55. The second kappa shape index (κ2) is 7.49. The van der Waals surface area contributed by atoms with E-state index in [1.807, 2.05) is 6.92 Å². The lowest BCUT2D eigenvalue weighted by Crippen LogP contribution is -2.15. The SMILES string of the molecule is CCCOc1ccc(NC(=O)c2cc(F)ccc2F)c([N+](=O)[O-])c1. The number of amides is 1. The monoisotopic (exact) mass is 336 g/mol. The molecular weight excluding hydrogens is 322 g/mol. The van der Waals surface area contributed by atoms with Crippen molar-refractivity contribution in [1.82, 2.24) is 0 Å². The van der Waals surface area contributed by atoms with E-state index in [0.29, 0.717) is 6.61 Å². The second-order valence-electron chi connectivity index (χ2n) is 4.86. The van der Waals surface area contributed by atoms with Gasteiger partial charge in [-0.3, -0.25) is 14.9 Å². The molecule has 0 atom stereocenters. The Hall–Kier alpha value is -3.03. The van der Waals surface area contributed by atoms with E-state index in [-0.39, 0.29) is 11.4 Å². The second-order valence-corrected chi connectivity index (χ2v) is 4.86. The number of nitrogens with zero attached hydrogens (tertiary/aromatic N) is 1. The largest absolute Gasteiger partial charge is 0.493 e. The summed E-state index contributed by atoms with van der Waals surface area (Å²) in [6, 6.07) is 6.27. The van der Waals surface area contributed by atoms with Crippen LogP contribution in [-0.4, -0.2) is 17.4 Å². The number of nitro benzene ring substituents is 1. The van der Waals surface area contributed by atoms with E-state index in [2.05, 4.69) is 5.32 Å². The Morgan fingerprint density at radius 2 is 2.00 bits per heavy atom. The van der Waals surface area contributed by atoms with Gasteiger partial charge < -0.3 is 10.1 Å². The minimum absolute atomic E-state index is 0.141. The molecule has 1 amide bonds. The quantitative estimate of drug-likeness (QED) is 0.640. The summed E-state index contributed by atoms with van der Waals surface area (Å²) in [7, 11) is 0.